The van der Waals surface area contributed by atoms with Gasteiger partial charge in [0, 0.05) is 6.42 Å². The van der Waals surface area contributed by atoms with Crippen LogP contribution in [0.15, 0.2) is 0 Å². The number of carboxylic acid groups (broad SMARTS) is 2. The Kier molecular flexibility index (Phi) is 3.83. The van der Waals surface area contributed by atoms with Crippen molar-refractivity contribution in [2.75, 3.05) is 0 Å². The van der Waals surface area contributed by atoms with Gasteiger partial charge in [0.1, 0.15) is 6.42 Å². The van der Waals surface area contributed by atoms with Gasteiger partial charge in [0.25, 0.3) is 5.16 Å². The first-order valence-corrected chi connectivity index (χ1v) is 4.24. The number of rotatable bonds is 5. The zero-order valence-corrected chi connectivity index (χ0v) is 7.53. The van der Waals surface area contributed by atoms with E-state index in [1.807, 2.05) is 0 Å². The quantitative estimate of drug-likeness (QED) is 0.627. The van der Waals surface area contributed by atoms with Crippen LogP contribution < -0.4 is 0 Å². The molecule has 0 rings (SSSR count). The van der Waals surface area contributed by atoms with E-state index in [4.69, 9.17) is 10.2 Å². The number of aliphatic carboxylic acids is 2. The fourth-order valence-electron chi connectivity index (χ4n) is 0.762. The van der Waals surface area contributed by atoms with E-state index in [0.29, 0.717) is 0 Å². The molecule has 0 saturated carbocycles. The lowest BCUT2D eigenvalue weighted by atomic mass is 10.0. The van der Waals surface area contributed by atoms with Crippen molar-refractivity contribution >= 4 is 20.4 Å². The molecule has 0 aliphatic heterocycles. The normalized spacial score (nSPS) is 15.4. The first-order valence-electron chi connectivity index (χ1n) is 3.33. The summed E-state index contributed by atoms with van der Waals surface area (Å²) in [5.74, 6) is -2.57. The molecule has 0 heterocycles. The molecule has 6 heteroatoms. The minimum absolute atomic E-state index is 0.0522. The van der Waals surface area contributed by atoms with Crippen LogP contribution in [0.4, 0.5) is 0 Å². The summed E-state index contributed by atoms with van der Waals surface area (Å²) in [7, 11) is -1.14. The first-order chi connectivity index (χ1) is 5.48. The number of hydrogen-bond acceptors (Lipinski definition) is 3. The van der Waals surface area contributed by atoms with Gasteiger partial charge in [-0.25, -0.2) is 4.79 Å². The van der Waals surface area contributed by atoms with Gasteiger partial charge >= 0.3 is 20.4 Å². The largest absolute Gasteiger partial charge is 0.481 e. The van der Waals surface area contributed by atoms with Crippen molar-refractivity contribution in [2.24, 2.45) is 0 Å². The van der Waals surface area contributed by atoms with Crippen LogP contribution in [-0.2, 0) is 14.2 Å². The standard InChI is InChI=1S/C6H9O5P/c1-2-6(12-11,5(9)10)3-4(7)8/h2-3H2,1H3,(H,7,8)(H,9,10)/p+1. The number of carbonyl (C=O) groups is 2. The maximum atomic E-state index is 10.6. The van der Waals surface area contributed by atoms with Gasteiger partial charge in [0.05, 0.1) is 0 Å². The lowest BCUT2D eigenvalue weighted by Crippen LogP contribution is -2.34. The van der Waals surface area contributed by atoms with Gasteiger partial charge in [0.15, 0.2) is 0 Å². The van der Waals surface area contributed by atoms with Crippen LogP contribution in [0.3, 0.4) is 0 Å². The van der Waals surface area contributed by atoms with Crippen molar-refractivity contribution in [2.45, 2.75) is 24.9 Å². The molecule has 0 saturated heterocycles. The molecular formula is C6H10O5P+. The molecular weight excluding hydrogens is 183 g/mol. The fraction of sp³-hybridized carbons (Fsp3) is 0.667. The van der Waals surface area contributed by atoms with E-state index in [9.17, 15) is 14.2 Å². The topological polar surface area (TPSA) is 91.7 Å². The molecule has 12 heavy (non-hydrogen) atoms. The Morgan fingerprint density at radius 1 is 1.42 bits per heavy atom. The van der Waals surface area contributed by atoms with Crippen molar-refractivity contribution in [1.29, 1.82) is 0 Å². The summed E-state index contributed by atoms with van der Waals surface area (Å²) < 4.78 is 10.5. The number of hydrogen-bond donors (Lipinski definition) is 2. The molecule has 0 aromatic carbocycles. The van der Waals surface area contributed by atoms with E-state index in [1.165, 1.54) is 6.92 Å². The molecule has 2 unspecified atom stereocenters. The summed E-state index contributed by atoms with van der Waals surface area (Å²) in [5, 5.41) is 15.4. The van der Waals surface area contributed by atoms with E-state index in [1.54, 1.807) is 0 Å². The molecule has 0 aromatic heterocycles. The Bertz CT molecular complexity index is 214. The second kappa shape index (κ2) is 4.16. The molecule has 0 aliphatic rings. The van der Waals surface area contributed by atoms with E-state index in [2.05, 4.69) is 0 Å². The maximum absolute atomic E-state index is 10.6. The van der Waals surface area contributed by atoms with Crippen LogP contribution >= 0.6 is 8.46 Å². The molecule has 0 bridgehead atoms. The first kappa shape index (κ1) is 11.0. The zero-order valence-electron chi connectivity index (χ0n) is 6.53. The van der Waals surface area contributed by atoms with Crippen molar-refractivity contribution in [3.05, 3.63) is 0 Å². The van der Waals surface area contributed by atoms with Gasteiger partial charge in [-0.2, -0.15) is 0 Å². The molecule has 5 nitrogen and oxygen atoms in total. The summed E-state index contributed by atoms with van der Waals surface area (Å²) in [6.45, 7) is 1.50. The van der Waals surface area contributed by atoms with Crippen molar-refractivity contribution in [1.82, 2.24) is 0 Å². The summed E-state index contributed by atoms with van der Waals surface area (Å²) in [4.78, 5) is 20.8. The highest BCUT2D eigenvalue weighted by molar-refractivity contribution is 7.27. The lowest BCUT2D eigenvalue weighted by Gasteiger charge is -2.09. The third-order valence-corrected chi connectivity index (χ3v) is 2.80. The van der Waals surface area contributed by atoms with E-state index in [-0.39, 0.29) is 6.42 Å². The monoisotopic (exact) mass is 193 g/mol. The van der Waals surface area contributed by atoms with Gasteiger partial charge in [-0.1, -0.05) is 11.5 Å². The fourth-order valence-corrected chi connectivity index (χ4v) is 1.22. The molecule has 0 radical (unpaired) electrons. The molecule has 0 spiro atoms. The highest BCUT2D eigenvalue weighted by atomic mass is 31.1. The van der Waals surface area contributed by atoms with Crippen LogP contribution in [0, 0.1) is 0 Å². The summed E-state index contributed by atoms with van der Waals surface area (Å²) >= 11 is 0. The summed E-state index contributed by atoms with van der Waals surface area (Å²) in [6, 6.07) is 0. The SMILES string of the molecule is CCC(CC(=O)O)([PH+]=O)C(=O)O. The van der Waals surface area contributed by atoms with Crippen LogP contribution in [0.2, 0.25) is 0 Å². The second-order valence-electron chi connectivity index (χ2n) is 2.41. The second-order valence-corrected chi connectivity index (χ2v) is 3.57. The lowest BCUT2D eigenvalue weighted by molar-refractivity contribution is -0.146. The predicted octanol–water partition coefficient (Wildman–Crippen LogP) is 0.718. The van der Waals surface area contributed by atoms with E-state index in [0.717, 1.165) is 0 Å². The molecule has 2 atom stereocenters. The van der Waals surface area contributed by atoms with Crippen molar-refractivity contribution < 1.29 is 24.4 Å². The highest BCUT2D eigenvalue weighted by Gasteiger charge is 2.47. The average Bonchev–Trinajstić information content (AvgIpc) is 1.99. The summed E-state index contributed by atoms with van der Waals surface area (Å²) in [5.41, 5.74) is 0. The third-order valence-electron chi connectivity index (χ3n) is 1.66. The van der Waals surface area contributed by atoms with Gasteiger partial charge in [-0.05, 0) is 0 Å². The van der Waals surface area contributed by atoms with Crippen molar-refractivity contribution in [3.63, 3.8) is 0 Å². The van der Waals surface area contributed by atoms with E-state index < -0.39 is 32.0 Å². The Hall–Kier alpha value is -0.960. The van der Waals surface area contributed by atoms with Gasteiger partial charge in [-0.3, -0.25) is 4.79 Å². The molecule has 2 N–H and O–H groups in total. The molecule has 0 aliphatic carbocycles. The van der Waals surface area contributed by atoms with Crippen molar-refractivity contribution in [3.8, 4) is 0 Å². The van der Waals surface area contributed by atoms with E-state index >= 15 is 0 Å². The number of carboxylic acids is 2. The Morgan fingerprint density at radius 3 is 2.00 bits per heavy atom. The Morgan fingerprint density at radius 2 is 1.92 bits per heavy atom. The predicted molar refractivity (Wildman–Crippen MR) is 41.9 cm³/mol. The maximum Gasteiger partial charge on any atom is 0.359 e. The van der Waals surface area contributed by atoms with Crippen LogP contribution in [0.5, 0.6) is 0 Å². The minimum Gasteiger partial charge on any atom is -0.481 e. The Balaban J connectivity index is 4.69. The average molecular weight is 193 g/mol. The molecule has 68 valence electrons. The third kappa shape index (κ3) is 2.27. The van der Waals surface area contributed by atoms with Gasteiger partial charge < -0.3 is 10.2 Å². The molecule has 0 aromatic rings. The van der Waals surface area contributed by atoms with Crippen LogP contribution in [0.1, 0.15) is 19.8 Å². The van der Waals surface area contributed by atoms with Crippen LogP contribution in [-0.4, -0.2) is 27.3 Å². The van der Waals surface area contributed by atoms with Crippen LogP contribution in [0.25, 0.3) is 0 Å². The molecule has 0 amide bonds. The highest BCUT2D eigenvalue weighted by Crippen LogP contribution is 2.31. The zero-order chi connectivity index (χ0) is 9.78. The van der Waals surface area contributed by atoms with Gasteiger partial charge in [-0.15, -0.1) is 0 Å². The molecule has 0 fully saturated rings. The Labute approximate surface area is 70.6 Å². The minimum atomic E-state index is -1.61. The smallest absolute Gasteiger partial charge is 0.359 e. The van der Waals surface area contributed by atoms with Gasteiger partial charge in [0.2, 0.25) is 0 Å². The summed E-state index contributed by atoms with van der Waals surface area (Å²) in [6.07, 6.45) is -0.544.